The standard InChI is InChI=1S/C34H29Cl/c35-29-11-13-32-31(20-29)30-12-10-26(25-8-6-24(7-9-25)23-4-2-1-3-5-23)19-33(30)34(32)27-15-21-14-22(17-27)18-28(34)16-21/h1-13,19-22,27-28H,14-18H2. The largest absolute Gasteiger partial charge is 0.0843 e. The molecule has 0 aliphatic heterocycles. The minimum absolute atomic E-state index is 0.183. The van der Waals surface area contributed by atoms with E-state index in [1.807, 2.05) is 0 Å². The first-order chi connectivity index (χ1) is 17.2. The van der Waals surface area contributed by atoms with E-state index in [2.05, 4.69) is 91.0 Å². The molecule has 0 saturated heterocycles. The molecule has 1 heteroatoms. The maximum absolute atomic E-state index is 6.56. The zero-order valence-corrected chi connectivity index (χ0v) is 20.6. The number of fused-ring (bicyclic) bond motifs is 3. The summed E-state index contributed by atoms with van der Waals surface area (Å²) in [6, 6.07) is 33.8. The Balaban J connectivity index is 1.28. The molecule has 172 valence electrons. The summed E-state index contributed by atoms with van der Waals surface area (Å²) in [5.41, 5.74) is 11.4. The highest BCUT2D eigenvalue weighted by molar-refractivity contribution is 6.31. The van der Waals surface area contributed by atoms with Crippen molar-refractivity contribution in [2.75, 3.05) is 0 Å². The zero-order valence-electron chi connectivity index (χ0n) is 19.9. The molecule has 0 aromatic heterocycles. The lowest BCUT2D eigenvalue weighted by molar-refractivity contribution is -0.0399. The number of rotatable bonds is 2. The van der Waals surface area contributed by atoms with E-state index in [4.69, 9.17) is 11.6 Å². The van der Waals surface area contributed by atoms with Gasteiger partial charge < -0.3 is 0 Å². The van der Waals surface area contributed by atoms with Crippen LogP contribution in [0.15, 0.2) is 91.0 Å². The summed E-state index contributed by atoms with van der Waals surface area (Å²) in [6.07, 6.45) is 7.11. The topological polar surface area (TPSA) is 0 Å². The Morgan fingerprint density at radius 2 is 1.11 bits per heavy atom. The molecule has 4 fully saturated rings. The summed E-state index contributed by atoms with van der Waals surface area (Å²) in [5.74, 6) is 3.46. The Bertz CT molecular complexity index is 1420. The van der Waals surface area contributed by atoms with Gasteiger partial charge in [0.25, 0.3) is 0 Å². The van der Waals surface area contributed by atoms with Crippen molar-refractivity contribution in [1.29, 1.82) is 0 Å². The predicted molar refractivity (Wildman–Crippen MR) is 146 cm³/mol. The lowest BCUT2D eigenvalue weighted by Gasteiger charge is -2.61. The van der Waals surface area contributed by atoms with Crippen molar-refractivity contribution in [3.05, 3.63) is 107 Å². The van der Waals surface area contributed by atoms with Crippen LogP contribution in [0.2, 0.25) is 5.02 Å². The van der Waals surface area contributed by atoms with E-state index in [0.717, 1.165) is 28.7 Å². The van der Waals surface area contributed by atoms with Gasteiger partial charge in [0.15, 0.2) is 0 Å². The summed E-state index contributed by atoms with van der Waals surface area (Å²) in [7, 11) is 0. The van der Waals surface area contributed by atoms with Crippen molar-refractivity contribution in [3.63, 3.8) is 0 Å². The summed E-state index contributed by atoms with van der Waals surface area (Å²) in [6.45, 7) is 0. The van der Waals surface area contributed by atoms with Gasteiger partial charge in [-0.15, -0.1) is 0 Å². The minimum Gasteiger partial charge on any atom is -0.0843 e. The summed E-state index contributed by atoms with van der Waals surface area (Å²) in [5, 5.41) is 0.858. The highest BCUT2D eigenvalue weighted by Gasteiger charge is 2.61. The molecule has 4 saturated carbocycles. The summed E-state index contributed by atoms with van der Waals surface area (Å²) < 4.78 is 0. The number of benzene rings is 4. The van der Waals surface area contributed by atoms with Gasteiger partial charge in [-0.25, -0.2) is 0 Å². The normalized spacial score (nSPS) is 29.4. The van der Waals surface area contributed by atoms with Crippen molar-refractivity contribution in [3.8, 4) is 33.4 Å². The molecule has 0 N–H and O–H groups in total. The highest BCUT2D eigenvalue weighted by atomic mass is 35.5. The third kappa shape index (κ3) is 2.81. The van der Waals surface area contributed by atoms with Crippen LogP contribution in [0.3, 0.4) is 0 Å². The molecule has 0 nitrogen and oxygen atoms in total. The van der Waals surface area contributed by atoms with Crippen molar-refractivity contribution in [1.82, 2.24) is 0 Å². The van der Waals surface area contributed by atoms with Crippen LogP contribution in [0.5, 0.6) is 0 Å². The van der Waals surface area contributed by atoms with Crippen molar-refractivity contribution < 1.29 is 0 Å². The Morgan fingerprint density at radius 3 is 1.80 bits per heavy atom. The van der Waals surface area contributed by atoms with E-state index in [-0.39, 0.29) is 5.41 Å². The molecule has 5 aliphatic carbocycles. The predicted octanol–water partition coefficient (Wildman–Crippen LogP) is 9.40. The van der Waals surface area contributed by atoms with Gasteiger partial charge in [0, 0.05) is 10.4 Å². The Morgan fingerprint density at radius 1 is 0.514 bits per heavy atom. The maximum Gasteiger partial charge on any atom is 0.0412 e. The van der Waals surface area contributed by atoms with E-state index in [9.17, 15) is 0 Å². The molecule has 35 heavy (non-hydrogen) atoms. The molecule has 9 rings (SSSR count). The zero-order chi connectivity index (χ0) is 23.1. The summed E-state index contributed by atoms with van der Waals surface area (Å²) in [4.78, 5) is 0. The molecule has 0 unspecified atom stereocenters. The lowest BCUT2D eigenvalue weighted by Crippen LogP contribution is -2.55. The van der Waals surface area contributed by atoms with Gasteiger partial charge in [-0.1, -0.05) is 84.4 Å². The first-order valence-electron chi connectivity index (χ1n) is 13.3. The number of halogens is 1. The van der Waals surface area contributed by atoms with Crippen LogP contribution in [0, 0.1) is 23.7 Å². The monoisotopic (exact) mass is 472 g/mol. The fraction of sp³-hybridized carbons (Fsp3) is 0.294. The Kier molecular flexibility index (Phi) is 4.27. The average molecular weight is 473 g/mol. The van der Waals surface area contributed by atoms with E-state index in [1.54, 1.807) is 11.1 Å². The van der Waals surface area contributed by atoms with Crippen LogP contribution in [-0.2, 0) is 5.41 Å². The first-order valence-corrected chi connectivity index (χ1v) is 13.7. The lowest BCUT2D eigenvalue weighted by atomic mass is 9.43. The molecule has 5 aliphatic rings. The molecular weight excluding hydrogens is 444 g/mol. The molecule has 0 radical (unpaired) electrons. The van der Waals surface area contributed by atoms with Gasteiger partial charge >= 0.3 is 0 Å². The van der Waals surface area contributed by atoms with Crippen LogP contribution in [0.4, 0.5) is 0 Å². The van der Waals surface area contributed by atoms with E-state index in [1.165, 1.54) is 65.5 Å². The molecule has 0 atom stereocenters. The highest BCUT2D eigenvalue weighted by Crippen LogP contribution is 2.69. The van der Waals surface area contributed by atoms with E-state index in [0.29, 0.717) is 0 Å². The van der Waals surface area contributed by atoms with Gasteiger partial charge in [-0.05, 0) is 118 Å². The third-order valence-electron chi connectivity index (χ3n) is 9.93. The van der Waals surface area contributed by atoms with Crippen LogP contribution >= 0.6 is 11.6 Å². The average Bonchev–Trinajstić information content (AvgIpc) is 3.17. The van der Waals surface area contributed by atoms with Crippen molar-refractivity contribution in [2.24, 2.45) is 23.7 Å². The second-order valence-electron chi connectivity index (χ2n) is 11.6. The van der Waals surface area contributed by atoms with Crippen molar-refractivity contribution in [2.45, 2.75) is 37.5 Å². The fourth-order valence-electron chi connectivity index (χ4n) is 8.84. The van der Waals surface area contributed by atoms with Gasteiger partial charge in [0.05, 0.1) is 0 Å². The SMILES string of the molecule is Clc1ccc2c(c1)-c1ccc(-c3ccc(-c4ccccc4)cc3)cc1C21C2CC3CC(C2)CC1C3. The molecule has 4 aromatic rings. The number of hydrogen-bond donors (Lipinski definition) is 0. The van der Waals surface area contributed by atoms with Gasteiger partial charge in [-0.2, -0.15) is 0 Å². The molecule has 0 amide bonds. The smallest absolute Gasteiger partial charge is 0.0412 e. The quantitative estimate of drug-likeness (QED) is 0.272. The van der Waals surface area contributed by atoms with Crippen LogP contribution in [0.25, 0.3) is 33.4 Å². The molecular formula is C34H29Cl. The Labute approximate surface area is 213 Å². The Hall–Kier alpha value is -2.83. The molecule has 4 aromatic carbocycles. The van der Waals surface area contributed by atoms with E-state index >= 15 is 0 Å². The van der Waals surface area contributed by atoms with Gasteiger partial charge in [0.2, 0.25) is 0 Å². The first kappa shape index (κ1) is 20.4. The van der Waals surface area contributed by atoms with Crippen LogP contribution in [0.1, 0.15) is 43.2 Å². The van der Waals surface area contributed by atoms with Crippen molar-refractivity contribution >= 4 is 11.6 Å². The molecule has 0 heterocycles. The van der Waals surface area contributed by atoms with E-state index < -0.39 is 0 Å². The van der Waals surface area contributed by atoms with Crippen LogP contribution in [-0.4, -0.2) is 0 Å². The third-order valence-corrected chi connectivity index (χ3v) is 10.2. The van der Waals surface area contributed by atoms with Gasteiger partial charge in [0.1, 0.15) is 0 Å². The second-order valence-corrected chi connectivity index (χ2v) is 12.0. The second kappa shape index (κ2) is 7.34. The number of hydrogen-bond acceptors (Lipinski definition) is 0. The maximum atomic E-state index is 6.56. The van der Waals surface area contributed by atoms with Gasteiger partial charge in [-0.3, -0.25) is 0 Å². The molecule has 4 bridgehead atoms. The minimum atomic E-state index is 0.183. The fourth-order valence-corrected chi connectivity index (χ4v) is 9.01. The summed E-state index contributed by atoms with van der Waals surface area (Å²) >= 11 is 6.56. The van der Waals surface area contributed by atoms with Crippen LogP contribution < -0.4 is 0 Å². The molecule has 1 spiro atoms.